The zero-order valence-electron chi connectivity index (χ0n) is 18.2. The molecule has 0 spiro atoms. The average molecular weight is 446 g/mol. The molecule has 0 saturated heterocycles. The van der Waals surface area contributed by atoms with Crippen LogP contribution in [0.15, 0.2) is 61.1 Å². The molecule has 0 aliphatic heterocycles. The highest BCUT2D eigenvalue weighted by molar-refractivity contribution is 5.92. The number of anilines is 2. The molecule has 3 heterocycles. The molecule has 7 nitrogen and oxygen atoms in total. The van der Waals surface area contributed by atoms with Gasteiger partial charge >= 0.3 is 0 Å². The van der Waals surface area contributed by atoms with Crippen molar-refractivity contribution in [3.8, 4) is 23.0 Å². The van der Waals surface area contributed by atoms with Crippen LogP contribution in [0, 0.1) is 18.6 Å². The van der Waals surface area contributed by atoms with Gasteiger partial charge in [0.25, 0.3) is 0 Å². The molecule has 2 aromatic carbocycles. The average Bonchev–Trinajstić information content (AvgIpc) is 3.39. The van der Waals surface area contributed by atoms with Gasteiger partial charge in [-0.1, -0.05) is 12.1 Å². The van der Waals surface area contributed by atoms with Gasteiger partial charge in [-0.05, 0) is 43.3 Å². The Morgan fingerprint density at radius 1 is 1.00 bits per heavy atom. The summed E-state index contributed by atoms with van der Waals surface area (Å²) in [5.41, 5.74) is 3.77. The fourth-order valence-electron chi connectivity index (χ4n) is 3.77. The zero-order chi connectivity index (χ0) is 23.1. The third-order valence-electron chi connectivity index (χ3n) is 5.39. The Morgan fingerprint density at radius 3 is 2.58 bits per heavy atom. The van der Waals surface area contributed by atoms with Crippen molar-refractivity contribution in [3.05, 3.63) is 78.4 Å². The SMILES string of the molecule is COc1nc(Nc2cccc3c2nc(-c2cccc(F)c2F)n3C)ccc1-n1cnc(C)c1. The van der Waals surface area contributed by atoms with Gasteiger partial charge in [-0.3, -0.25) is 0 Å². The van der Waals surface area contributed by atoms with Gasteiger partial charge < -0.3 is 19.2 Å². The summed E-state index contributed by atoms with van der Waals surface area (Å²) in [5.74, 6) is -0.547. The van der Waals surface area contributed by atoms with E-state index in [2.05, 4.69) is 20.3 Å². The van der Waals surface area contributed by atoms with E-state index in [9.17, 15) is 8.78 Å². The lowest BCUT2D eigenvalue weighted by Gasteiger charge is -2.11. The highest BCUT2D eigenvalue weighted by Crippen LogP contribution is 2.32. The van der Waals surface area contributed by atoms with Crippen LogP contribution in [0.2, 0.25) is 0 Å². The summed E-state index contributed by atoms with van der Waals surface area (Å²) in [6.07, 6.45) is 3.58. The molecule has 0 aliphatic rings. The van der Waals surface area contributed by atoms with E-state index >= 15 is 0 Å². The number of fused-ring (bicyclic) bond motifs is 1. The molecule has 5 rings (SSSR count). The largest absolute Gasteiger partial charge is 0.479 e. The molecule has 0 saturated carbocycles. The second kappa shape index (κ2) is 8.01. The van der Waals surface area contributed by atoms with Crippen molar-refractivity contribution >= 4 is 22.5 Å². The normalized spacial score (nSPS) is 11.2. The highest BCUT2D eigenvalue weighted by Gasteiger charge is 2.18. The van der Waals surface area contributed by atoms with Crippen LogP contribution in [0.25, 0.3) is 28.1 Å². The number of benzene rings is 2. The number of hydrogen-bond donors (Lipinski definition) is 1. The first-order chi connectivity index (χ1) is 16.0. The van der Waals surface area contributed by atoms with E-state index in [0.717, 1.165) is 23.0 Å². The maximum atomic E-state index is 14.4. The molecule has 5 aromatic rings. The third-order valence-corrected chi connectivity index (χ3v) is 5.39. The van der Waals surface area contributed by atoms with Crippen LogP contribution in [-0.2, 0) is 7.05 Å². The van der Waals surface area contributed by atoms with Crippen molar-refractivity contribution in [1.29, 1.82) is 0 Å². The maximum absolute atomic E-state index is 14.4. The van der Waals surface area contributed by atoms with Crippen molar-refractivity contribution < 1.29 is 13.5 Å². The van der Waals surface area contributed by atoms with Gasteiger partial charge in [0, 0.05) is 13.2 Å². The number of nitrogens with one attached hydrogen (secondary N) is 1. The minimum atomic E-state index is -0.929. The highest BCUT2D eigenvalue weighted by atomic mass is 19.2. The fourth-order valence-corrected chi connectivity index (χ4v) is 3.77. The van der Waals surface area contributed by atoms with Crippen LogP contribution in [0.1, 0.15) is 5.69 Å². The van der Waals surface area contributed by atoms with Crippen LogP contribution in [-0.4, -0.2) is 31.2 Å². The van der Waals surface area contributed by atoms with Gasteiger partial charge in [-0.25, -0.2) is 18.7 Å². The van der Waals surface area contributed by atoms with Crippen molar-refractivity contribution in [1.82, 2.24) is 24.1 Å². The Kier molecular flexibility index (Phi) is 5.01. The number of aromatic nitrogens is 5. The topological polar surface area (TPSA) is 69.8 Å². The maximum Gasteiger partial charge on any atom is 0.240 e. The predicted molar refractivity (Wildman–Crippen MR) is 122 cm³/mol. The number of aryl methyl sites for hydroxylation is 2. The first kappa shape index (κ1) is 20.6. The van der Waals surface area contributed by atoms with Gasteiger partial charge in [0.15, 0.2) is 11.6 Å². The Morgan fingerprint density at radius 2 is 1.82 bits per heavy atom. The number of rotatable bonds is 5. The third kappa shape index (κ3) is 3.57. The lowest BCUT2D eigenvalue weighted by molar-refractivity contribution is 0.396. The summed E-state index contributed by atoms with van der Waals surface area (Å²) in [7, 11) is 3.32. The molecule has 0 bridgehead atoms. The van der Waals surface area contributed by atoms with Crippen LogP contribution in [0.3, 0.4) is 0 Å². The predicted octanol–water partition coefficient (Wildman–Crippen LogP) is 5.16. The van der Waals surface area contributed by atoms with Crippen LogP contribution >= 0.6 is 0 Å². The monoisotopic (exact) mass is 446 g/mol. The van der Waals surface area contributed by atoms with Crippen LogP contribution < -0.4 is 10.1 Å². The summed E-state index contributed by atoms with van der Waals surface area (Å²) in [5, 5.41) is 3.26. The number of imidazole rings is 2. The molecule has 9 heteroatoms. The van der Waals surface area contributed by atoms with Crippen LogP contribution in [0.4, 0.5) is 20.3 Å². The Labute approximate surface area is 188 Å². The van der Waals surface area contributed by atoms with Gasteiger partial charge in [-0.15, -0.1) is 0 Å². The number of para-hydroxylation sites is 1. The molecular formula is C24H20F2N6O. The van der Waals surface area contributed by atoms with E-state index in [1.54, 1.807) is 25.1 Å². The van der Waals surface area contributed by atoms with Crippen molar-refractivity contribution in [3.63, 3.8) is 0 Å². The number of ether oxygens (including phenoxy) is 1. The minimum Gasteiger partial charge on any atom is -0.479 e. The molecule has 3 aromatic heterocycles. The molecule has 0 amide bonds. The van der Waals surface area contributed by atoms with Crippen molar-refractivity contribution in [2.45, 2.75) is 6.92 Å². The quantitative estimate of drug-likeness (QED) is 0.404. The van der Waals surface area contributed by atoms with E-state index in [0.29, 0.717) is 28.7 Å². The summed E-state index contributed by atoms with van der Waals surface area (Å²) in [4.78, 5) is 13.4. The van der Waals surface area contributed by atoms with Gasteiger partial charge in [0.05, 0.1) is 35.9 Å². The van der Waals surface area contributed by atoms with Gasteiger partial charge in [-0.2, -0.15) is 4.98 Å². The molecule has 0 aliphatic carbocycles. The molecule has 1 N–H and O–H groups in total. The second-order valence-electron chi connectivity index (χ2n) is 7.54. The number of pyridine rings is 1. The first-order valence-corrected chi connectivity index (χ1v) is 10.2. The fraction of sp³-hybridized carbons (Fsp3) is 0.125. The van der Waals surface area contributed by atoms with Crippen molar-refractivity contribution in [2.24, 2.45) is 7.05 Å². The summed E-state index contributed by atoms with van der Waals surface area (Å²) in [6, 6.07) is 13.3. The van der Waals surface area contributed by atoms with Gasteiger partial charge in [0.1, 0.15) is 22.8 Å². The Hall–Kier alpha value is -4.27. The van der Waals surface area contributed by atoms with E-state index in [1.165, 1.54) is 12.1 Å². The molecular weight excluding hydrogens is 426 g/mol. The minimum absolute atomic E-state index is 0.0967. The Balaban J connectivity index is 1.55. The number of hydrogen-bond acceptors (Lipinski definition) is 5. The number of nitrogens with zero attached hydrogens (tertiary/aromatic N) is 5. The molecule has 0 radical (unpaired) electrons. The number of methoxy groups -OCH3 is 1. The van der Waals surface area contributed by atoms with Crippen LogP contribution in [0.5, 0.6) is 5.88 Å². The molecule has 0 atom stereocenters. The molecule has 0 unspecified atom stereocenters. The second-order valence-corrected chi connectivity index (χ2v) is 7.54. The van der Waals surface area contributed by atoms with E-state index < -0.39 is 11.6 Å². The van der Waals surface area contributed by atoms with Gasteiger partial charge in [0.2, 0.25) is 5.88 Å². The number of halogens is 2. The smallest absolute Gasteiger partial charge is 0.240 e. The summed E-state index contributed by atoms with van der Waals surface area (Å²) < 4.78 is 37.3. The van der Waals surface area contributed by atoms with E-state index in [4.69, 9.17) is 4.74 Å². The lowest BCUT2D eigenvalue weighted by atomic mass is 10.2. The lowest BCUT2D eigenvalue weighted by Crippen LogP contribution is -2.01. The zero-order valence-corrected chi connectivity index (χ0v) is 18.2. The Bertz CT molecular complexity index is 1490. The standard InChI is InChI=1S/C24H20F2N6O/c1-14-12-32(13-27-14)19-10-11-20(29-24(19)33-3)28-17-8-5-9-18-22(17)30-23(31(18)2)15-6-4-7-16(25)21(15)26/h4-13H,1-3H3,(H,28,29). The van der Waals surface area contributed by atoms with E-state index in [-0.39, 0.29) is 5.56 Å². The summed E-state index contributed by atoms with van der Waals surface area (Å²) in [6.45, 7) is 1.91. The first-order valence-electron chi connectivity index (χ1n) is 10.2. The van der Waals surface area contributed by atoms with E-state index in [1.807, 2.05) is 48.0 Å². The molecule has 0 fully saturated rings. The summed E-state index contributed by atoms with van der Waals surface area (Å²) >= 11 is 0. The van der Waals surface area contributed by atoms with Crippen molar-refractivity contribution in [2.75, 3.05) is 12.4 Å². The molecule has 33 heavy (non-hydrogen) atoms. The molecule has 166 valence electrons.